The molecule has 112 valence electrons. The van der Waals surface area contributed by atoms with Gasteiger partial charge in [0.15, 0.2) is 0 Å². The van der Waals surface area contributed by atoms with Crippen LogP contribution in [0.25, 0.3) is 5.57 Å². The molecule has 0 saturated carbocycles. The summed E-state index contributed by atoms with van der Waals surface area (Å²) in [5.74, 6) is -0.423. The van der Waals surface area contributed by atoms with Crippen LogP contribution in [0.2, 0.25) is 0 Å². The molecule has 0 aliphatic carbocycles. The standard InChI is InChI=1S/C16H19NO4/c1-11(12-5-7-13(21-2)8-6-12)10-15(18)17-9-3-4-14(17)16(19)20/h5-8,10,14H,3-4,9H2,1-2H3,(H,19,20)/b11-10+. The second-order valence-electron chi connectivity index (χ2n) is 5.08. The summed E-state index contributed by atoms with van der Waals surface area (Å²) in [6.07, 6.45) is 2.76. The van der Waals surface area contributed by atoms with Gasteiger partial charge < -0.3 is 14.7 Å². The Morgan fingerprint density at radius 2 is 2.00 bits per heavy atom. The third kappa shape index (κ3) is 3.42. The first kappa shape index (κ1) is 15.1. The molecule has 1 aliphatic rings. The molecule has 1 N–H and O–H groups in total. The molecule has 1 heterocycles. The number of aliphatic carboxylic acids is 1. The maximum absolute atomic E-state index is 12.2. The van der Waals surface area contributed by atoms with Gasteiger partial charge in [-0.1, -0.05) is 12.1 Å². The van der Waals surface area contributed by atoms with Gasteiger partial charge in [0.2, 0.25) is 5.91 Å². The summed E-state index contributed by atoms with van der Waals surface area (Å²) in [5.41, 5.74) is 1.72. The van der Waals surface area contributed by atoms with Crippen LogP contribution >= 0.6 is 0 Å². The number of likely N-dealkylation sites (tertiary alicyclic amines) is 1. The van der Waals surface area contributed by atoms with Crippen LogP contribution in [0.3, 0.4) is 0 Å². The fourth-order valence-corrected chi connectivity index (χ4v) is 2.49. The summed E-state index contributed by atoms with van der Waals surface area (Å²) in [5, 5.41) is 9.11. The lowest BCUT2D eigenvalue weighted by Gasteiger charge is -2.20. The number of benzene rings is 1. The van der Waals surface area contributed by atoms with E-state index in [1.54, 1.807) is 7.11 Å². The second kappa shape index (κ2) is 6.43. The van der Waals surface area contributed by atoms with Crippen molar-refractivity contribution in [1.82, 2.24) is 4.90 Å². The number of rotatable bonds is 4. The van der Waals surface area contributed by atoms with Gasteiger partial charge in [-0.25, -0.2) is 4.79 Å². The van der Waals surface area contributed by atoms with E-state index in [1.807, 2.05) is 31.2 Å². The molecular weight excluding hydrogens is 270 g/mol. The molecule has 1 aromatic carbocycles. The number of methoxy groups -OCH3 is 1. The molecule has 1 amide bonds. The zero-order valence-electron chi connectivity index (χ0n) is 12.2. The summed E-state index contributed by atoms with van der Waals surface area (Å²) >= 11 is 0. The molecule has 5 nitrogen and oxygen atoms in total. The predicted octanol–water partition coefficient (Wildman–Crippen LogP) is 2.17. The Balaban J connectivity index is 2.13. The summed E-state index contributed by atoms with van der Waals surface area (Å²) in [6, 6.07) is 6.70. The van der Waals surface area contributed by atoms with Crippen LogP contribution in [0.1, 0.15) is 25.3 Å². The predicted molar refractivity (Wildman–Crippen MR) is 79.0 cm³/mol. The van der Waals surface area contributed by atoms with Gasteiger partial charge in [0.05, 0.1) is 7.11 Å². The van der Waals surface area contributed by atoms with Gasteiger partial charge in [-0.3, -0.25) is 4.79 Å². The SMILES string of the molecule is COc1ccc(/C(C)=C/C(=O)N2CCCC2C(=O)O)cc1. The number of carbonyl (C=O) groups excluding carboxylic acids is 1. The Morgan fingerprint density at radius 1 is 1.33 bits per heavy atom. The van der Waals surface area contributed by atoms with Crippen molar-refractivity contribution in [2.45, 2.75) is 25.8 Å². The van der Waals surface area contributed by atoms with Crippen molar-refractivity contribution >= 4 is 17.4 Å². The summed E-state index contributed by atoms with van der Waals surface area (Å²) in [6.45, 7) is 2.34. The molecule has 2 rings (SSSR count). The van der Waals surface area contributed by atoms with Crippen molar-refractivity contribution in [2.75, 3.05) is 13.7 Å². The maximum Gasteiger partial charge on any atom is 0.326 e. The van der Waals surface area contributed by atoms with E-state index in [1.165, 1.54) is 11.0 Å². The third-order valence-corrected chi connectivity index (χ3v) is 3.71. The molecule has 1 fully saturated rings. The molecule has 1 atom stereocenters. The van der Waals surface area contributed by atoms with Crippen molar-refractivity contribution in [3.05, 3.63) is 35.9 Å². The highest BCUT2D eigenvalue weighted by Gasteiger charge is 2.32. The Labute approximate surface area is 123 Å². The van der Waals surface area contributed by atoms with Gasteiger partial charge in [-0.15, -0.1) is 0 Å². The Morgan fingerprint density at radius 3 is 2.57 bits per heavy atom. The molecule has 0 spiro atoms. The average molecular weight is 289 g/mol. The van der Waals surface area contributed by atoms with Crippen LogP contribution in [0.4, 0.5) is 0 Å². The van der Waals surface area contributed by atoms with Gasteiger partial charge in [0.1, 0.15) is 11.8 Å². The molecular formula is C16H19NO4. The number of amides is 1. The Kier molecular flexibility index (Phi) is 4.62. The van der Waals surface area contributed by atoms with Crippen molar-refractivity contribution in [3.8, 4) is 5.75 Å². The fraction of sp³-hybridized carbons (Fsp3) is 0.375. The van der Waals surface area contributed by atoms with Gasteiger partial charge in [0, 0.05) is 12.6 Å². The largest absolute Gasteiger partial charge is 0.497 e. The number of ether oxygens (including phenoxy) is 1. The molecule has 0 bridgehead atoms. The van der Waals surface area contributed by atoms with Crippen LogP contribution in [-0.2, 0) is 9.59 Å². The van der Waals surface area contributed by atoms with Crippen molar-refractivity contribution in [2.24, 2.45) is 0 Å². The first-order valence-electron chi connectivity index (χ1n) is 6.89. The lowest BCUT2D eigenvalue weighted by molar-refractivity contribution is -0.146. The van der Waals surface area contributed by atoms with E-state index in [9.17, 15) is 9.59 Å². The third-order valence-electron chi connectivity index (χ3n) is 3.71. The molecule has 0 aromatic heterocycles. The van der Waals surface area contributed by atoms with E-state index in [0.29, 0.717) is 13.0 Å². The minimum absolute atomic E-state index is 0.242. The topological polar surface area (TPSA) is 66.8 Å². The highest BCUT2D eigenvalue weighted by Crippen LogP contribution is 2.21. The molecule has 1 unspecified atom stereocenters. The van der Waals surface area contributed by atoms with Crippen molar-refractivity contribution in [1.29, 1.82) is 0 Å². The van der Waals surface area contributed by atoms with E-state index >= 15 is 0 Å². The van der Waals surface area contributed by atoms with Gasteiger partial charge >= 0.3 is 5.97 Å². The van der Waals surface area contributed by atoms with Crippen LogP contribution in [0, 0.1) is 0 Å². The molecule has 21 heavy (non-hydrogen) atoms. The lowest BCUT2D eigenvalue weighted by atomic mass is 10.1. The highest BCUT2D eigenvalue weighted by molar-refractivity contribution is 5.97. The van der Waals surface area contributed by atoms with E-state index in [4.69, 9.17) is 9.84 Å². The van der Waals surface area contributed by atoms with E-state index in [2.05, 4.69) is 0 Å². The summed E-state index contributed by atoms with van der Waals surface area (Å²) in [7, 11) is 1.60. The van der Waals surface area contributed by atoms with E-state index < -0.39 is 12.0 Å². The fourth-order valence-electron chi connectivity index (χ4n) is 2.49. The van der Waals surface area contributed by atoms with Crippen molar-refractivity contribution in [3.63, 3.8) is 0 Å². The van der Waals surface area contributed by atoms with E-state index in [0.717, 1.165) is 23.3 Å². The molecule has 5 heteroatoms. The quantitative estimate of drug-likeness (QED) is 0.863. The number of carboxylic acids is 1. The minimum atomic E-state index is -0.934. The summed E-state index contributed by atoms with van der Waals surface area (Å²) < 4.78 is 5.09. The molecule has 0 radical (unpaired) electrons. The normalized spacial score (nSPS) is 18.7. The minimum Gasteiger partial charge on any atom is -0.497 e. The Bertz CT molecular complexity index is 562. The molecule has 1 saturated heterocycles. The monoisotopic (exact) mass is 289 g/mol. The van der Waals surface area contributed by atoms with Crippen LogP contribution < -0.4 is 4.74 Å². The number of hydrogen-bond acceptors (Lipinski definition) is 3. The van der Waals surface area contributed by atoms with Crippen LogP contribution in [-0.4, -0.2) is 41.6 Å². The first-order valence-corrected chi connectivity index (χ1v) is 6.89. The zero-order valence-corrected chi connectivity index (χ0v) is 12.2. The second-order valence-corrected chi connectivity index (χ2v) is 5.08. The highest BCUT2D eigenvalue weighted by atomic mass is 16.5. The smallest absolute Gasteiger partial charge is 0.326 e. The van der Waals surface area contributed by atoms with E-state index in [-0.39, 0.29) is 5.91 Å². The number of carbonyl (C=O) groups is 2. The van der Waals surface area contributed by atoms with Crippen LogP contribution in [0.15, 0.2) is 30.3 Å². The van der Waals surface area contributed by atoms with Crippen LogP contribution in [0.5, 0.6) is 5.75 Å². The first-order chi connectivity index (χ1) is 10.0. The molecule has 1 aromatic rings. The Hall–Kier alpha value is -2.30. The number of carboxylic acid groups (broad SMARTS) is 1. The number of nitrogens with zero attached hydrogens (tertiary/aromatic N) is 1. The zero-order chi connectivity index (χ0) is 15.4. The average Bonchev–Trinajstić information content (AvgIpc) is 2.97. The van der Waals surface area contributed by atoms with Gasteiger partial charge in [-0.05, 0) is 43.0 Å². The summed E-state index contributed by atoms with van der Waals surface area (Å²) in [4.78, 5) is 24.8. The molecule has 1 aliphatic heterocycles. The van der Waals surface area contributed by atoms with Crippen molar-refractivity contribution < 1.29 is 19.4 Å². The van der Waals surface area contributed by atoms with Gasteiger partial charge in [-0.2, -0.15) is 0 Å². The van der Waals surface area contributed by atoms with Gasteiger partial charge in [0.25, 0.3) is 0 Å². The number of allylic oxidation sites excluding steroid dienone is 1. The number of hydrogen-bond donors (Lipinski definition) is 1. The maximum atomic E-state index is 12.2. The lowest BCUT2D eigenvalue weighted by Crippen LogP contribution is -2.39.